The minimum atomic E-state index is 0.123. The fraction of sp³-hybridized carbons (Fsp3) is 0.200. The van der Waals surface area contributed by atoms with E-state index >= 15 is 0 Å². The van der Waals surface area contributed by atoms with Crippen molar-refractivity contribution in [2.45, 2.75) is 0 Å². The third-order valence-electron chi connectivity index (χ3n) is 2.96. The van der Waals surface area contributed by atoms with Gasteiger partial charge in [-0.2, -0.15) is 5.10 Å². The summed E-state index contributed by atoms with van der Waals surface area (Å²) in [6, 6.07) is 9.39. The van der Waals surface area contributed by atoms with Crippen molar-refractivity contribution >= 4 is 40.9 Å². The third kappa shape index (κ3) is 4.59. The Bertz CT molecular complexity index is 646. The molecule has 0 saturated carbocycles. The summed E-state index contributed by atoms with van der Waals surface area (Å²) in [5.74, 6) is 0.446. The zero-order chi connectivity index (χ0) is 15.9. The van der Waals surface area contributed by atoms with Crippen LogP contribution in [0, 0.1) is 0 Å². The molecule has 5 nitrogen and oxygen atoms in total. The Morgan fingerprint density at radius 3 is 2.68 bits per heavy atom. The molecule has 0 unspecified atom stereocenters. The molecule has 0 saturated heterocycles. The zero-order valence-electron chi connectivity index (χ0n) is 12.0. The van der Waals surface area contributed by atoms with E-state index in [0.29, 0.717) is 22.4 Å². The fourth-order valence-electron chi connectivity index (χ4n) is 1.76. The van der Waals surface area contributed by atoms with Gasteiger partial charge < -0.3 is 10.0 Å². The van der Waals surface area contributed by atoms with Gasteiger partial charge in [-0.1, -0.05) is 35.3 Å². The Morgan fingerprint density at radius 2 is 2.05 bits per heavy atom. The molecule has 0 atom stereocenters. The SMILES string of the molecule is CN(CCO)c1ccc(/C=N\Nc2ncc(Cl)cc2Cl)cc1. The Morgan fingerprint density at radius 1 is 1.32 bits per heavy atom. The molecule has 116 valence electrons. The van der Waals surface area contributed by atoms with Crippen molar-refractivity contribution in [1.29, 1.82) is 0 Å². The summed E-state index contributed by atoms with van der Waals surface area (Å²) >= 11 is 11.8. The minimum Gasteiger partial charge on any atom is -0.395 e. The molecule has 0 aliphatic carbocycles. The molecular weight excluding hydrogens is 323 g/mol. The van der Waals surface area contributed by atoms with Crippen LogP contribution in [-0.2, 0) is 0 Å². The summed E-state index contributed by atoms with van der Waals surface area (Å²) in [7, 11) is 1.93. The first kappa shape index (κ1) is 16.5. The molecule has 2 N–H and O–H groups in total. The number of halogens is 2. The first-order valence-electron chi connectivity index (χ1n) is 6.62. The van der Waals surface area contributed by atoms with E-state index in [2.05, 4.69) is 15.5 Å². The van der Waals surface area contributed by atoms with Crippen LogP contribution >= 0.6 is 23.2 Å². The molecule has 7 heteroatoms. The molecule has 1 aromatic heterocycles. The lowest BCUT2D eigenvalue weighted by molar-refractivity contribution is 0.304. The number of aliphatic hydroxyl groups excluding tert-OH is 1. The van der Waals surface area contributed by atoms with Crippen molar-refractivity contribution in [3.8, 4) is 0 Å². The quantitative estimate of drug-likeness (QED) is 0.626. The maximum atomic E-state index is 8.92. The number of likely N-dealkylation sites (N-methyl/N-ethyl adjacent to an activating group) is 1. The maximum absolute atomic E-state index is 8.92. The third-order valence-corrected chi connectivity index (χ3v) is 3.46. The molecule has 0 fully saturated rings. The second kappa shape index (κ2) is 7.98. The van der Waals surface area contributed by atoms with E-state index < -0.39 is 0 Å². The van der Waals surface area contributed by atoms with E-state index in [4.69, 9.17) is 28.3 Å². The number of rotatable bonds is 6. The molecule has 1 aromatic carbocycles. The van der Waals surface area contributed by atoms with Gasteiger partial charge >= 0.3 is 0 Å². The highest BCUT2D eigenvalue weighted by Gasteiger charge is 2.01. The molecule has 2 aromatic rings. The van der Waals surface area contributed by atoms with Crippen LogP contribution in [0.3, 0.4) is 0 Å². The van der Waals surface area contributed by atoms with Crippen LogP contribution in [0.25, 0.3) is 0 Å². The van der Waals surface area contributed by atoms with Crippen molar-refractivity contribution in [2.24, 2.45) is 5.10 Å². The number of aliphatic hydroxyl groups is 1. The van der Waals surface area contributed by atoms with Gasteiger partial charge in [0.15, 0.2) is 5.82 Å². The molecular formula is C15H16Cl2N4O. The van der Waals surface area contributed by atoms with Crippen LogP contribution in [0.15, 0.2) is 41.6 Å². The number of hydrogen-bond acceptors (Lipinski definition) is 5. The highest BCUT2D eigenvalue weighted by Crippen LogP contribution is 2.22. The van der Waals surface area contributed by atoms with Gasteiger partial charge in [-0.15, -0.1) is 0 Å². The first-order valence-corrected chi connectivity index (χ1v) is 7.38. The number of aromatic nitrogens is 1. The van der Waals surface area contributed by atoms with Gasteiger partial charge in [0, 0.05) is 25.5 Å². The van der Waals surface area contributed by atoms with Gasteiger partial charge in [0.1, 0.15) is 0 Å². The lowest BCUT2D eigenvalue weighted by atomic mass is 10.2. The van der Waals surface area contributed by atoms with Crippen LogP contribution < -0.4 is 10.3 Å². The maximum Gasteiger partial charge on any atom is 0.165 e. The van der Waals surface area contributed by atoms with E-state index in [1.165, 1.54) is 6.20 Å². The number of anilines is 2. The van der Waals surface area contributed by atoms with Crippen molar-refractivity contribution in [3.05, 3.63) is 52.1 Å². The van der Waals surface area contributed by atoms with E-state index in [-0.39, 0.29) is 6.61 Å². The Hall–Kier alpha value is -1.82. The van der Waals surface area contributed by atoms with Crippen LogP contribution in [0.1, 0.15) is 5.56 Å². The molecule has 0 radical (unpaired) electrons. The molecule has 1 heterocycles. The first-order chi connectivity index (χ1) is 10.6. The summed E-state index contributed by atoms with van der Waals surface area (Å²) < 4.78 is 0. The monoisotopic (exact) mass is 338 g/mol. The largest absolute Gasteiger partial charge is 0.395 e. The highest BCUT2D eigenvalue weighted by molar-refractivity contribution is 6.35. The van der Waals surface area contributed by atoms with Gasteiger partial charge in [0.05, 0.1) is 22.9 Å². The molecule has 0 amide bonds. The van der Waals surface area contributed by atoms with Gasteiger partial charge in [-0.05, 0) is 23.8 Å². The van der Waals surface area contributed by atoms with Crippen molar-refractivity contribution in [1.82, 2.24) is 4.98 Å². The normalized spacial score (nSPS) is 10.9. The van der Waals surface area contributed by atoms with Gasteiger partial charge in [0.25, 0.3) is 0 Å². The van der Waals surface area contributed by atoms with E-state index in [9.17, 15) is 0 Å². The van der Waals surface area contributed by atoms with Crippen molar-refractivity contribution in [3.63, 3.8) is 0 Å². The minimum absolute atomic E-state index is 0.123. The van der Waals surface area contributed by atoms with Crippen molar-refractivity contribution in [2.75, 3.05) is 30.5 Å². The van der Waals surface area contributed by atoms with Gasteiger partial charge in [0.2, 0.25) is 0 Å². The summed E-state index contributed by atoms with van der Waals surface area (Å²) in [5.41, 5.74) is 4.73. The predicted octanol–water partition coefficient (Wildman–Crippen LogP) is 3.26. The predicted molar refractivity (Wildman–Crippen MR) is 92.3 cm³/mol. The molecule has 0 aliphatic heterocycles. The lowest BCUT2D eigenvalue weighted by Gasteiger charge is -2.17. The Balaban J connectivity index is 1.98. The molecule has 0 spiro atoms. The molecule has 0 aliphatic rings. The zero-order valence-corrected chi connectivity index (χ0v) is 13.5. The van der Waals surface area contributed by atoms with Crippen LogP contribution in [0.4, 0.5) is 11.5 Å². The van der Waals surface area contributed by atoms with Crippen LogP contribution in [0.2, 0.25) is 10.0 Å². The van der Waals surface area contributed by atoms with Crippen LogP contribution in [-0.4, -0.2) is 36.5 Å². The number of nitrogens with zero attached hydrogens (tertiary/aromatic N) is 3. The van der Waals surface area contributed by atoms with Gasteiger partial charge in [-0.3, -0.25) is 5.43 Å². The average molecular weight is 339 g/mol. The van der Waals surface area contributed by atoms with E-state index in [1.54, 1.807) is 12.3 Å². The Kier molecular flexibility index (Phi) is 6.00. The Labute approximate surface area is 139 Å². The molecule has 2 rings (SSSR count). The number of pyridine rings is 1. The van der Waals surface area contributed by atoms with Gasteiger partial charge in [-0.25, -0.2) is 4.98 Å². The summed E-state index contributed by atoms with van der Waals surface area (Å²) in [4.78, 5) is 6.02. The highest BCUT2D eigenvalue weighted by atomic mass is 35.5. The number of hydrogen-bond donors (Lipinski definition) is 2. The number of benzene rings is 1. The second-order valence-electron chi connectivity index (χ2n) is 4.59. The second-order valence-corrected chi connectivity index (χ2v) is 5.43. The topological polar surface area (TPSA) is 60.8 Å². The number of hydrazone groups is 1. The average Bonchev–Trinajstić information content (AvgIpc) is 2.50. The van der Waals surface area contributed by atoms with Crippen molar-refractivity contribution < 1.29 is 5.11 Å². The molecule has 0 bridgehead atoms. The fourth-order valence-corrected chi connectivity index (χ4v) is 2.18. The molecule has 22 heavy (non-hydrogen) atoms. The standard InChI is InChI=1S/C15H16Cl2N4O/c1-21(6-7-22)13-4-2-11(3-5-13)9-19-20-15-14(17)8-12(16)10-18-15/h2-5,8-10,22H,6-7H2,1H3,(H,18,20)/b19-9-. The van der Waals surface area contributed by atoms with E-state index in [1.807, 2.05) is 36.2 Å². The van der Waals surface area contributed by atoms with E-state index in [0.717, 1.165) is 11.3 Å². The number of nitrogens with one attached hydrogen (secondary N) is 1. The summed E-state index contributed by atoms with van der Waals surface area (Å²) in [6.07, 6.45) is 3.17. The summed E-state index contributed by atoms with van der Waals surface area (Å²) in [5, 5.41) is 13.9. The van der Waals surface area contributed by atoms with Crippen LogP contribution in [0.5, 0.6) is 0 Å². The lowest BCUT2D eigenvalue weighted by Crippen LogP contribution is -2.20. The smallest absolute Gasteiger partial charge is 0.165 e. The summed E-state index contributed by atoms with van der Waals surface area (Å²) in [6.45, 7) is 0.716.